The first-order chi connectivity index (χ1) is 16.0. The van der Waals surface area contributed by atoms with E-state index < -0.39 is 52.5 Å². The summed E-state index contributed by atoms with van der Waals surface area (Å²) in [5, 5.41) is 15.2. The van der Waals surface area contributed by atoms with Crippen molar-refractivity contribution in [2.24, 2.45) is 0 Å². The molecule has 1 aromatic rings. The number of halogens is 3. The summed E-state index contributed by atoms with van der Waals surface area (Å²) in [5.41, 5.74) is -0.209. The molecule has 0 bridgehead atoms. The summed E-state index contributed by atoms with van der Waals surface area (Å²) in [6, 6.07) is 2.73. The molecule has 1 unspecified atom stereocenters. The number of hydrogen-bond acceptors (Lipinski definition) is 9. The molecular weight excluding hydrogens is 557 g/mol. The fraction of sp³-hybridized carbons (Fsp3) is 0.389. The first-order valence-electron chi connectivity index (χ1n) is 9.35. The summed E-state index contributed by atoms with van der Waals surface area (Å²) >= 11 is 18.9. The van der Waals surface area contributed by atoms with Gasteiger partial charge in [-0.1, -0.05) is 40.9 Å². The Morgan fingerprint density at radius 3 is 2.53 bits per heavy atom. The third-order valence-corrected chi connectivity index (χ3v) is 6.97. The van der Waals surface area contributed by atoms with Crippen molar-refractivity contribution in [3.05, 3.63) is 33.7 Å². The molecule has 184 valence electrons. The molecule has 2 atom stereocenters. The van der Waals surface area contributed by atoms with E-state index in [4.69, 9.17) is 39.5 Å². The number of thiophene rings is 1. The monoisotopic (exact) mass is 571 g/mol. The highest BCUT2D eigenvalue weighted by Crippen LogP contribution is 2.40. The van der Waals surface area contributed by atoms with Gasteiger partial charge in [-0.25, -0.2) is 19.7 Å². The Morgan fingerprint density at radius 1 is 1.21 bits per heavy atom. The lowest BCUT2D eigenvalue weighted by molar-refractivity contribution is -0.150. The van der Waals surface area contributed by atoms with Gasteiger partial charge in [-0.05, 0) is 11.4 Å². The number of carboxylic acids is 1. The van der Waals surface area contributed by atoms with E-state index in [0.717, 1.165) is 9.78 Å². The zero-order valence-corrected chi connectivity index (χ0v) is 20.8. The minimum absolute atomic E-state index is 0.109. The second-order valence-electron chi connectivity index (χ2n) is 6.86. The Balaban J connectivity index is 1.57. The van der Waals surface area contributed by atoms with Crippen LogP contribution in [-0.2, 0) is 30.3 Å². The number of fused-ring (bicyclic) bond motifs is 1. The Bertz CT molecular complexity index is 1030. The summed E-state index contributed by atoms with van der Waals surface area (Å²) < 4.78 is 7.51. The smallest absolute Gasteiger partial charge is 0.416 e. The Labute approximate surface area is 215 Å². The van der Waals surface area contributed by atoms with Gasteiger partial charge in [0, 0.05) is 16.2 Å². The number of hydrogen-bond donors (Lipinski definition) is 3. The number of aliphatic carboxylic acids is 1. The van der Waals surface area contributed by atoms with Crippen molar-refractivity contribution in [3.63, 3.8) is 0 Å². The molecule has 0 aliphatic carbocycles. The number of nitrogens with one attached hydrogen (secondary N) is 2. The summed E-state index contributed by atoms with van der Waals surface area (Å²) in [4.78, 5) is 61.8. The number of nitrogens with zero attached hydrogens (tertiary/aromatic N) is 1. The molecule has 0 aromatic carbocycles. The largest absolute Gasteiger partial charge is 0.477 e. The van der Waals surface area contributed by atoms with E-state index in [1.54, 1.807) is 17.4 Å². The standard InChI is InChI=1S/C18H16Cl3N3O8S2/c19-18(20,21)7-32-17(30)23-16(29)31-5-8-6-34-14-11(13(26)24(14)12(8)15(27)28)22-10(25)4-9-2-1-3-33-9/h1-3,11,14H,4-7H2,(H,22,25)(H,27,28)(H,23,29,30)/t11?,14-/m1/s1. The van der Waals surface area contributed by atoms with Crippen molar-refractivity contribution in [1.82, 2.24) is 15.5 Å². The molecule has 1 aromatic heterocycles. The summed E-state index contributed by atoms with van der Waals surface area (Å²) in [6.07, 6.45) is -2.35. The van der Waals surface area contributed by atoms with E-state index in [1.165, 1.54) is 23.1 Å². The third kappa shape index (κ3) is 6.69. The number of carbonyl (C=O) groups is 5. The predicted octanol–water partition coefficient (Wildman–Crippen LogP) is 2.26. The zero-order chi connectivity index (χ0) is 25.0. The van der Waals surface area contributed by atoms with Crippen molar-refractivity contribution < 1.29 is 38.6 Å². The maximum absolute atomic E-state index is 12.6. The Kier molecular flexibility index (Phi) is 8.57. The van der Waals surface area contributed by atoms with Crippen LogP contribution in [0.25, 0.3) is 0 Å². The lowest BCUT2D eigenvalue weighted by Gasteiger charge is -2.49. The minimum Gasteiger partial charge on any atom is -0.477 e. The van der Waals surface area contributed by atoms with Crippen LogP contribution in [0.3, 0.4) is 0 Å². The second kappa shape index (κ2) is 11.0. The minimum atomic E-state index is -1.87. The van der Waals surface area contributed by atoms with Crippen LogP contribution in [0.1, 0.15) is 4.88 Å². The van der Waals surface area contributed by atoms with Gasteiger partial charge >= 0.3 is 18.2 Å². The van der Waals surface area contributed by atoms with Crippen molar-refractivity contribution in [1.29, 1.82) is 0 Å². The number of ether oxygens (including phenoxy) is 2. The Morgan fingerprint density at radius 2 is 1.91 bits per heavy atom. The molecule has 1 saturated heterocycles. The fourth-order valence-electron chi connectivity index (χ4n) is 3.05. The van der Waals surface area contributed by atoms with Gasteiger partial charge in [0.25, 0.3) is 5.91 Å². The lowest BCUT2D eigenvalue weighted by Crippen LogP contribution is -2.70. The number of carbonyl (C=O) groups excluding carboxylic acids is 4. The molecule has 2 aliphatic rings. The molecular formula is C18H16Cl3N3O8S2. The lowest BCUT2D eigenvalue weighted by atomic mass is 10.0. The maximum Gasteiger partial charge on any atom is 0.416 e. The number of alkyl halides is 3. The van der Waals surface area contributed by atoms with E-state index in [2.05, 4.69) is 10.1 Å². The average Bonchev–Trinajstić information content (AvgIpc) is 3.26. The maximum atomic E-state index is 12.6. The number of alkyl carbamates (subject to hydrolysis) is 2. The van der Waals surface area contributed by atoms with Crippen LogP contribution in [0.2, 0.25) is 0 Å². The van der Waals surface area contributed by atoms with Gasteiger partial charge in [0.2, 0.25) is 9.70 Å². The molecule has 3 N–H and O–H groups in total. The SMILES string of the molecule is O=C(Cc1cccs1)NC1C(=O)N2C(C(=O)O)=C(COC(=O)NC(=O)OCC(Cl)(Cl)Cl)CS[C@H]12. The number of imide groups is 1. The predicted molar refractivity (Wildman–Crippen MR) is 124 cm³/mol. The molecule has 2 aliphatic heterocycles. The molecule has 4 amide bonds. The van der Waals surface area contributed by atoms with Crippen LogP contribution in [0.5, 0.6) is 0 Å². The topological polar surface area (TPSA) is 151 Å². The fourth-order valence-corrected chi connectivity index (χ4v) is 5.24. The van der Waals surface area contributed by atoms with E-state index in [1.807, 2.05) is 5.38 Å². The molecule has 0 spiro atoms. The summed E-state index contributed by atoms with van der Waals surface area (Å²) in [6.45, 7) is -1.13. The van der Waals surface area contributed by atoms with Gasteiger partial charge in [-0.3, -0.25) is 14.5 Å². The third-order valence-electron chi connectivity index (χ3n) is 4.43. The van der Waals surface area contributed by atoms with Crippen LogP contribution >= 0.6 is 57.9 Å². The van der Waals surface area contributed by atoms with Gasteiger partial charge in [-0.2, -0.15) is 0 Å². The second-order valence-corrected chi connectivity index (χ2v) is 11.5. The van der Waals surface area contributed by atoms with Gasteiger partial charge < -0.3 is 19.9 Å². The van der Waals surface area contributed by atoms with Crippen molar-refractivity contribution >= 4 is 87.9 Å². The van der Waals surface area contributed by atoms with Crippen LogP contribution in [-0.4, -0.2) is 74.2 Å². The number of thioether (sulfide) groups is 1. The van der Waals surface area contributed by atoms with Gasteiger partial charge in [0.05, 0.1) is 6.42 Å². The highest BCUT2D eigenvalue weighted by molar-refractivity contribution is 8.00. The number of rotatable bonds is 7. The van der Waals surface area contributed by atoms with E-state index in [0.29, 0.717) is 0 Å². The zero-order valence-electron chi connectivity index (χ0n) is 16.9. The highest BCUT2D eigenvalue weighted by atomic mass is 35.6. The number of amides is 4. The molecule has 16 heteroatoms. The van der Waals surface area contributed by atoms with Crippen molar-refractivity contribution in [2.75, 3.05) is 19.0 Å². The van der Waals surface area contributed by atoms with Gasteiger partial charge in [-0.15, -0.1) is 23.1 Å². The molecule has 3 heterocycles. The summed E-state index contributed by atoms with van der Waals surface area (Å²) in [7, 11) is 0. The Hall–Kier alpha value is -2.19. The van der Waals surface area contributed by atoms with Gasteiger partial charge in [0.15, 0.2) is 0 Å². The number of β-lactam (4-membered cyclic amide) rings is 1. The first-order valence-corrected chi connectivity index (χ1v) is 12.4. The molecule has 11 nitrogen and oxygen atoms in total. The molecule has 34 heavy (non-hydrogen) atoms. The molecule has 3 rings (SSSR count). The van der Waals surface area contributed by atoms with Crippen molar-refractivity contribution in [3.8, 4) is 0 Å². The average molecular weight is 573 g/mol. The van der Waals surface area contributed by atoms with Crippen LogP contribution in [0.15, 0.2) is 28.8 Å². The summed E-state index contributed by atoms with van der Waals surface area (Å²) in [5.74, 6) is -2.23. The van der Waals surface area contributed by atoms with Crippen LogP contribution in [0.4, 0.5) is 9.59 Å². The first kappa shape index (κ1) is 26.4. The normalized spacial score (nSPS) is 19.6. The van der Waals surface area contributed by atoms with Crippen LogP contribution < -0.4 is 10.6 Å². The number of carboxylic acid groups (broad SMARTS) is 1. The van der Waals surface area contributed by atoms with E-state index in [-0.39, 0.29) is 29.4 Å². The highest BCUT2D eigenvalue weighted by Gasteiger charge is 2.54. The van der Waals surface area contributed by atoms with Gasteiger partial charge in [0.1, 0.15) is 30.3 Å². The van der Waals surface area contributed by atoms with Crippen LogP contribution in [0, 0.1) is 0 Å². The van der Waals surface area contributed by atoms with E-state index in [9.17, 15) is 29.1 Å². The molecule has 1 fully saturated rings. The molecule has 0 radical (unpaired) electrons. The molecule has 0 saturated carbocycles. The van der Waals surface area contributed by atoms with E-state index >= 15 is 0 Å². The quantitative estimate of drug-likeness (QED) is 0.330. The van der Waals surface area contributed by atoms with Crippen molar-refractivity contribution in [2.45, 2.75) is 21.6 Å².